The molecule has 1 unspecified atom stereocenters. The van der Waals surface area contributed by atoms with Crippen LogP contribution in [0.15, 0.2) is 36.4 Å². The molecule has 1 aliphatic rings. The van der Waals surface area contributed by atoms with Crippen molar-refractivity contribution in [1.29, 1.82) is 0 Å². The standard InChI is InChI=1S/C25H29F6NO3S2/c1-22(2,3)37(34)32-23(25(29,30)31,15-19(33)21-12-11-20(36-21)16-5-6-16)17-7-9-18(10-8-17)35-14-4-13-24(26,27)28/h7-12,16,32H,4-6,13-15H2,1-3H3/t23?,37-/m0/s1. The maximum Gasteiger partial charge on any atom is 0.415 e. The quantitative estimate of drug-likeness (QED) is 0.132. The predicted molar refractivity (Wildman–Crippen MR) is 131 cm³/mol. The molecule has 12 heteroatoms. The summed E-state index contributed by atoms with van der Waals surface area (Å²) in [5, 5.41) is 0. The highest BCUT2D eigenvalue weighted by molar-refractivity contribution is 7.90. The number of thiophene rings is 1. The van der Waals surface area contributed by atoms with Crippen LogP contribution in [0.1, 0.15) is 78.9 Å². The van der Waals surface area contributed by atoms with E-state index in [0.29, 0.717) is 5.92 Å². The first-order valence-corrected chi connectivity index (χ1v) is 13.7. The maximum absolute atomic E-state index is 14.8. The Bertz CT molecular complexity index is 1060. The Kier molecular flexibility index (Phi) is 8.98. The highest BCUT2D eigenvalue weighted by Crippen LogP contribution is 2.46. The van der Waals surface area contributed by atoms with Crippen molar-refractivity contribution in [1.82, 2.24) is 4.72 Å². The number of Topliss-reactive ketones (excluding diaryl/α,β-unsaturated/α-hetero) is 1. The molecule has 0 bridgehead atoms. The SMILES string of the molecule is CC(C)(C)[S@+]([O-])NC(CC(=O)c1ccc(C2CC2)s1)(c1ccc(OCCCC(F)(F)F)cc1)C(F)(F)F. The van der Waals surface area contributed by atoms with Crippen molar-refractivity contribution in [2.75, 3.05) is 6.61 Å². The fourth-order valence-electron chi connectivity index (χ4n) is 3.55. The predicted octanol–water partition coefficient (Wildman–Crippen LogP) is 7.43. The van der Waals surface area contributed by atoms with Crippen LogP contribution >= 0.6 is 11.3 Å². The molecule has 1 fully saturated rings. The summed E-state index contributed by atoms with van der Waals surface area (Å²) in [7, 11) is 0. The van der Waals surface area contributed by atoms with Crippen LogP contribution in [0.5, 0.6) is 5.75 Å². The van der Waals surface area contributed by atoms with Gasteiger partial charge in [0.15, 0.2) is 11.3 Å². The van der Waals surface area contributed by atoms with Gasteiger partial charge in [-0.1, -0.05) is 12.1 Å². The van der Waals surface area contributed by atoms with Crippen molar-refractivity contribution in [2.24, 2.45) is 0 Å². The van der Waals surface area contributed by atoms with Crippen molar-refractivity contribution in [3.63, 3.8) is 0 Å². The van der Waals surface area contributed by atoms with Crippen LogP contribution in [0.25, 0.3) is 0 Å². The lowest BCUT2D eigenvalue weighted by Gasteiger charge is -2.38. The molecule has 2 atom stereocenters. The number of benzene rings is 1. The lowest BCUT2D eigenvalue weighted by Crippen LogP contribution is -2.59. The summed E-state index contributed by atoms with van der Waals surface area (Å²) in [6, 6.07) is 7.88. The number of halogens is 6. The van der Waals surface area contributed by atoms with Crippen molar-refractivity contribution >= 4 is 28.5 Å². The van der Waals surface area contributed by atoms with Gasteiger partial charge in [-0.3, -0.25) is 4.79 Å². The molecule has 3 rings (SSSR count). The van der Waals surface area contributed by atoms with E-state index >= 15 is 0 Å². The minimum Gasteiger partial charge on any atom is -0.598 e. The Morgan fingerprint density at radius 3 is 2.19 bits per heavy atom. The molecule has 1 aromatic carbocycles. The van der Waals surface area contributed by atoms with Crippen LogP contribution in [-0.2, 0) is 16.9 Å². The van der Waals surface area contributed by atoms with Gasteiger partial charge in [0, 0.05) is 29.1 Å². The molecule has 0 radical (unpaired) electrons. The van der Waals surface area contributed by atoms with Gasteiger partial charge >= 0.3 is 12.4 Å². The molecule has 1 heterocycles. The first-order chi connectivity index (χ1) is 17.0. The molecule has 4 nitrogen and oxygen atoms in total. The Morgan fingerprint density at radius 1 is 1.05 bits per heavy atom. The van der Waals surface area contributed by atoms with Gasteiger partial charge in [0.05, 0.1) is 11.5 Å². The van der Waals surface area contributed by atoms with Gasteiger partial charge in [0.2, 0.25) is 0 Å². The van der Waals surface area contributed by atoms with Crippen LogP contribution < -0.4 is 9.46 Å². The number of alkyl halides is 6. The molecule has 0 spiro atoms. The normalized spacial score (nSPS) is 17.4. The second kappa shape index (κ2) is 11.2. The molecule has 1 N–H and O–H groups in total. The second-order valence-corrected chi connectivity index (χ2v) is 13.1. The van der Waals surface area contributed by atoms with E-state index in [1.54, 1.807) is 6.07 Å². The largest absolute Gasteiger partial charge is 0.598 e. The van der Waals surface area contributed by atoms with Gasteiger partial charge in [-0.05, 0) is 75.8 Å². The Morgan fingerprint density at radius 2 is 1.68 bits per heavy atom. The molecule has 0 saturated heterocycles. The number of carbonyl (C=O) groups is 1. The molecule has 206 valence electrons. The number of ether oxygens (including phenoxy) is 1. The van der Waals surface area contributed by atoms with E-state index in [1.165, 1.54) is 50.3 Å². The topological polar surface area (TPSA) is 61.4 Å². The van der Waals surface area contributed by atoms with Crippen molar-refractivity contribution in [3.05, 3.63) is 51.7 Å². The summed E-state index contributed by atoms with van der Waals surface area (Å²) in [5.41, 5.74) is -3.33. The smallest absolute Gasteiger partial charge is 0.415 e. The van der Waals surface area contributed by atoms with Crippen LogP contribution in [0.2, 0.25) is 0 Å². The first-order valence-electron chi connectivity index (χ1n) is 11.7. The zero-order valence-electron chi connectivity index (χ0n) is 20.6. The third-order valence-corrected chi connectivity index (χ3v) is 8.77. The molecule has 1 saturated carbocycles. The monoisotopic (exact) mass is 569 g/mol. The number of hydrogen-bond acceptors (Lipinski definition) is 5. The lowest BCUT2D eigenvalue weighted by atomic mass is 9.85. The van der Waals surface area contributed by atoms with Crippen LogP contribution in [0.4, 0.5) is 26.3 Å². The number of nitrogens with one attached hydrogen (secondary N) is 1. The first kappa shape index (κ1) is 29.8. The summed E-state index contributed by atoms with van der Waals surface area (Å²) in [6.07, 6.45) is -9.75. The minimum atomic E-state index is -5.02. The van der Waals surface area contributed by atoms with Gasteiger partial charge < -0.3 is 9.29 Å². The molecule has 1 aromatic heterocycles. The number of rotatable bonds is 11. The van der Waals surface area contributed by atoms with E-state index in [-0.39, 0.29) is 29.2 Å². The molecular formula is C25H29F6NO3S2. The zero-order chi connectivity index (χ0) is 27.6. The number of hydrogen-bond donors (Lipinski definition) is 1. The molecular weight excluding hydrogens is 540 g/mol. The maximum atomic E-state index is 14.8. The lowest BCUT2D eigenvalue weighted by molar-refractivity contribution is -0.194. The Hall–Kier alpha value is -1.76. The minimum absolute atomic E-state index is 0.0811. The van der Waals surface area contributed by atoms with E-state index in [1.807, 2.05) is 0 Å². The van der Waals surface area contributed by atoms with E-state index in [4.69, 9.17) is 4.74 Å². The van der Waals surface area contributed by atoms with Crippen molar-refractivity contribution in [3.8, 4) is 5.75 Å². The van der Waals surface area contributed by atoms with Crippen LogP contribution in [-0.4, -0.2) is 34.0 Å². The second-order valence-electron chi connectivity index (χ2n) is 10.1. The van der Waals surface area contributed by atoms with E-state index in [9.17, 15) is 35.7 Å². The Balaban J connectivity index is 1.90. The average molecular weight is 570 g/mol. The number of carbonyl (C=O) groups excluding carboxylic acids is 1. The summed E-state index contributed by atoms with van der Waals surface area (Å²) in [4.78, 5) is 14.3. The summed E-state index contributed by atoms with van der Waals surface area (Å²) >= 11 is -1.02. The van der Waals surface area contributed by atoms with Crippen LogP contribution in [0.3, 0.4) is 0 Å². The summed E-state index contributed by atoms with van der Waals surface area (Å²) in [5.74, 6) is -0.313. The van der Waals surface area contributed by atoms with Crippen LogP contribution in [0, 0.1) is 0 Å². The Labute approximate surface area is 219 Å². The van der Waals surface area contributed by atoms with E-state index < -0.39 is 52.6 Å². The van der Waals surface area contributed by atoms with E-state index in [0.717, 1.165) is 29.9 Å². The average Bonchev–Trinajstić information content (AvgIpc) is 3.50. The van der Waals surface area contributed by atoms with Gasteiger partial charge in [-0.2, -0.15) is 26.3 Å². The van der Waals surface area contributed by atoms with Gasteiger partial charge in [0.1, 0.15) is 10.5 Å². The third kappa shape index (κ3) is 7.87. The zero-order valence-corrected chi connectivity index (χ0v) is 22.2. The van der Waals surface area contributed by atoms with Gasteiger partial charge in [-0.15, -0.1) is 16.1 Å². The van der Waals surface area contributed by atoms with Crippen molar-refractivity contribution in [2.45, 2.75) is 81.4 Å². The fraction of sp³-hybridized carbons (Fsp3) is 0.560. The third-order valence-electron chi connectivity index (χ3n) is 5.83. The highest BCUT2D eigenvalue weighted by Gasteiger charge is 2.61. The van der Waals surface area contributed by atoms with E-state index in [2.05, 4.69) is 4.72 Å². The molecule has 0 amide bonds. The molecule has 37 heavy (non-hydrogen) atoms. The summed E-state index contributed by atoms with van der Waals surface area (Å²) in [6.45, 7) is 4.27. The fourth-order valence-corrected chi connectivity index (χ4v) is 5.59. The molecule has 1 aliphatic carbocycles. The van der Waals surface area contributed by atoms with Crippen molar-refractivity contribution < 1.29 is 40.4 Å². The van der Waals surface area contributed by atoms with Gasteiger partial charge in [0.25, 0.3) is 0 Å². The summed E-state index contributed by atoms with van der Waals surface area (Å²) < 4.78 is 101. The number of ketones is 1. The highest BCUT2D eigenvalue weighted by atomic mass is 32.2. The molecule has 2 aromatic rings. The molecule has 0 aliphatic heterocycles. The van der Waals surface area contributed by atoms with Gasteiger partial charge in [-0.25, -0.2) is 0 Å².